The molecule has 11 heteroatoms. The minimum atomic E-state index is -4.74. The van der Waals surface area contributed by atoms with Gasteiger partial charge in [0.25, 0.3) is 0 Å². The van der Waals surface area contributed by atoms with Crippen molar-refractivity contribution in [3.05, 3.63) is 29.3 Å². The fourth-order valence-electron chi connectivity index (χ4n) is 1.84. The van der Waals surface area contributed by atoms with Gasteiger partial charge in [0.05, 0.1) is 23.7 Å². The SMILES string of the molecule is CS(=O)(=O)c1cc(CNS(=O)(=O)C2COC2)cc(C(F)(F)F)c1. The summed E-state index contributed by atoms with van der Waals surface area (Å²) >= 11 is 0. The molecular formula is C12H14F3NO5S2. The van der Waals surface area contributed by atoms with Gasteiger partial charge in [-0.15, -0.1) is 0 Å². The molecule has 1 N–H and O–H groups in total. The van der Waals surface area contributed by atoms with E-state index in [4.69, 9.17) is 4.74 Å². The van der Waals surface area contributed by atoms with Crippen LogP contribution in [0.3, 0.4) is 0 Å². The monoisotopic (exact) mass is 373 g/mol. The number of nitrogens with one attached hydrogen (secondary N) is 1. The molecule has 0 atom stereocenters. The summed E-state index contributed by atoms with van der Waals surface area (Å²) < 4.78 is 92.1. The van der Waals surface area contributed by atoms with E-state index < -0.39 is 48.3 Å². The molecule has 1 aliphatic heterocycles. The second-order valence-electron chi connectivity index (χ2n) is 5.16. The van der Waals surface area contributed by atoms with E-state index in [1.807, 2.05) is 0 Å². The predicted octanol–water partition coefficient (Wildman–Crippen LogP) is 0.927. The molecule has 1 aliphatic rings. The van der Waals surface area contributed by atoms with E-state index in [9.17, 15) is 30.0 Å². The van der Waals surface area contributed by atoms with Crippen molar-refractivity contribution in [1.82, 2.24) is 4.72 Å². The first-order valence-corrected chi connectivity index (χ1v) is 9.81. The number of alkyl halides is 3. The van der Waals surface area contributed by atoms with Gasteiger partial charge in [0.1, 0.15) is 5.25 Å². The highest BCUT2D eigenvalue weighted by molar-refractivity contribution is 7.90. The fourth-order valence-corrected chi connectivity index (χ4v) is 3.70. The summed E-state index contributed by atoms with van der Waals surface area (Å²) in [4.78, 5) is -0.520. The number of rotatable bonds is 5. The largest absolute Gasteiger partial charge is 0.416 e. The van der Waals surface area contributed by atoms with Gasteiger partial charge in [0.15, 0.2) is 9.84 Å². The van der Waals surface area contributed by atoms with Crippen LogP contribution in [0.5, 0.6) is 0 Å². The molecule has 0 radical (unpaired) electrons. The van der Waals surface area contributed by atoms with Crippen LogP contribution in [0.15, 0.2) is 23.1 Å². The van der Waals surface area contributed by atoms with Gasteiger partial charge in [-0.1, -0.05) is 0 Å². The maximum Gasteiger partial charge on any atom is 0.416 e. The topological polar surface area (TPSA) is 89.5 Å². The van der Waals surface area contributed by atoms with Crippen molar-refractivity contribution in [2.75, 3.05) is 19.5 Å². The Labute approximate surface area is 131 Å². The number of sulfonamides is 1. The second kappa shape index (κ2) is 6.04. The van der Waals surface area contributed by atoms with E-state index >= 15 is 0 Å². The zero-order valence-electron chi connectivity index (χ0n) is 11.9. The highest BCUT2D eigenvalue weighted by atomic mass is 32.2. The maximum absolute atomic E-state index is 12.9. The van der Waals surface area contributed by atoms with E-state index in [-0.39, 0.29) is 18.8 Å². The molecule has 1 aromatic rings. The highest BCUT2D eigenvalue weighted by Gasteiger charge is 2.34. The standard InChI is InChI=1S/C12H14F3NO5S2/c1-22(17,18)10-3-8(2-9(4-10)12(13,14)15)5-16-23(19,20)11-6-21-7-11/h2-4,11,16H,5-7H2,1H3. The van der Waals surface area contributed by atoms with Crippen molar-refractivity contribution < 1.29 is 34.7 Å². The zero-order valence-corrected chi connectivity index (χ0v) is 13.6. The third-order valence-corrected chi connectivity index (χ3v) is 6.03. The molecule has 2 rings (SSSR count). The van der Waals surface area contributed by atoms with Gasteiger partial charge in [0.2, 0.25) is 10.0 Å². The molecule has 6 nitrogen and oxygen atoms in total. The van der Waals surface area contributed by atoms with Crippen molar-refractivity contribution in [2.45, 2.75) is 22.9 Å². The molecule has 0 spiro atoms. The lowest BCUT2D eigenvalue weighted by molar-refractivity contribution is -0.137. The van der Waals surface area contributed by atoms with Crippen LogP contribution in [0.1, 0.15) is 11.1 Å². The summed E-state index contributed by atoms with van der Waals surface area (Å²) in [6, 6.07) is 2.26. The van der Waals surface area contributed by atoms with Crippen molar-refractivity contribution in [2.24, 2.45) is 0 Å². The lowest BCUT2D eigenvalue weighted by atomic mass is 10.1. The Morgan fingerprint density at radius 3 is 2.22 bits per heavy atom. The Bertz CT molecular complexity index is 798. The summed E-state index contributed by atoms with van der Waals surface area (Å²) in [5.74, 6) is 0. The summed E-state index contributed by atoms with van der Waals surface area (Å²) in [5.41, 5.74) is -1.24. The number of hydrogen-bond acceptors (Lipinski definition) is 5. The Morgan fingerprint density at radius 2 is 1.78 bits per heavy atom. The van der Waals surface area contributed by atoms with Crippen LogP contribution in [-0.2, 0) is 37.3 Å². The molecule has 23 heavy (non-hydrogen) atoms. The maximum atomic E-state index is 12.9. The summed E-state index contributed by atoms with van der Waals surface area (Å²) in [6.45, 7) is -0.399. The predicted molar refractivity (Wildman–Crippen MR) is 74.9 cm³/mol. The van der Waals surface area contributed by atoms with Gasteiger partial charge in [-0.25, -0.2) is 21.6 Å². The summed E-state index contributed by atoms with van der Waals surface area (Å²) in [7, 11) is -7.59. The van der Waals surface area contributed by atoms with Crippen LogP contribution < -0.4 is 4.72 Å². The average Bonchev–Trinajstić information content (AvgIpc) is 2.31. The van der Waals surface area contributed by atoms with E-state index in [2.05, 4.69) is 4.72 Å². The van der Waals surface area contributed by atoms with E-state index in [1.165, 1.54) is 0 Å². The van der Waals surface area contributed by atoms with E-state index in [0.29, 0.717) is 12.1 Å². The van der Waals surface area contributed by atoms with Gasteiger partial charge < -0.3 is 4.74 Å². The average molecular weight is 373 g/mol. The second-order valence-corrected chi connectivity index (χ2v) is 9.22. The molecule has 0 aliphatic carbocycles. The molecule has 0 amide bonds. The molecule has 0 saturated carbocycles. The Kier molecular flexibility index (Phi) is 4.77. The molecule has 1 heterocycles. The zero-order chi connectivity index (χ0) is 17.5. The fraction of sp³-hybridized carbons (Fsp3) is 0.500. The Morgan fingerprint density at radius 1 is 1.17 bits per heavy atom. The first kappa shape index (κ1) is 18.2. The molecule has 0 aromatic heterocycles. The number of ether oxygens (including phenoxy) is 1. The minimum absolute atomic E-state index is 0.0204. The molecule has 130 valence electrons. The third kappa shape index (κ3) is 4.43. The van der Waals surface area contributed by atoms with Crippen LogP contribution in [0.4, 0.5) is 13.2 Å². The molecule has 1 saturated heterocycles. The van der Waals surface area contributed by atoms with E-state index in [1.54, 1.807) is 0 Å². The number of sulfone groups is 1. The van der Waals surface area contributed by atoms with Gasteiger partial charge in [-0.05, 0) is 23.8 Å². The van der Waals surface area contributed by atoms with Crippen LogP contribution >= 0.6 is 0 Å². The summed E-state index contributed by atoms with van der Waals surface area (Å²) in [6.07, 6.45) is -3.96. The number of hydrogen-bond donors (Lipinski definition) is 1. The van der Waals surface area contributed by atoms with E-state index in [0.717, 1.165) is 12.3 Å². The van der Waals surface area contributed by atoms with Crippen molar-refractivity contribution in [3.63, 3.8) is 0 Å². The smallest absolute Gasteiger partial charge is 0.378 e. The summed E-state index contributed by atoms with van der Waals surface area (Å²) in [5, 5.41) is -0.748. The molecular weight excluding hydrogens is 359 g/mol. The lowest BCUT2D eigenvalue weighted by Gasteiger charge is -2.25. The molecule has 1 fully saturated rings. The molecule has 0 bridgehead atoms. The van der Waals surface area contributed by atoms with Crippen LogP contribution in [0.2, 0.25) is 0 Å². The van der Waals surface area contributed by atoms with Crippen molar-refractivity contribution in [3.8, 4) is 0 Å². The van der Waals surface area contributed by atoms with Gasteiger partial charge in [-0.2, -0.15) is 13.2 Å². The number of halogens is 3. The first-order valence-electron chi connectivity index (χ1n) is 6.37. The van der Waals surface area contributed by atoms with Gasteiger partial charge in [-0.3, -0.25) is 0 Å². The van der Waals surface area contributed by atoms with Crippen LogP contribution in [0, 0.1) is 0 Å². The quantitative estimate of drug-likeness (QED) is 0.829. The third-order valence-electron chi connectivity index (χ3n) is 3.25. The van der Waals surface area contributed by atoms with Crippen LogP contribution in [-0.4, -0.2) is 41.6 Å². The number of benzene rings is 1. The van der Waals surface area contributed by atoms with Gasteiger partial charge >= 0.3 is 6.18 Å². The Hall–Kier alpha value is -1.17. The van der Waals surface area contributed by atoms with Crippen molar-refractivity contribution in [1.29, 1.82) is 0 Å². The highest BCUT2D eigenvalue weighted by Crippen LogP contribution is 2.31. The molecule has 1 aromatic carbocycles. The van der Waals surface area contributed by atoms with Crippen molar-refractivity contribution >= 4 is 19.9 Å². The normalized spacial score (nSPS) is 17.0. The lowest BCUT2D eigenvalue weighted by Crippen LogP contribution is -2.46. The van der Waals surface area contributed by atoms with Gasteiger partial charge in [0, 0.05) is 12.8 Å². The minimum Gasteiger partial charge on any atom is -0.378 e. The first-order chi connectivity index (χ1) is 10.4. The Balaban J connectivity index is 2.30. The molecule has 0 unspecified atom stereocenters. The van der Waals surface area contributed by atoms with Crippen LogP contribution in [0.25, 0.3) is 0 Å².